The second kappa shape index (κ2) is 7.59. The number of aryl methyl sites for hydroxylation is 2. The Kier molecular flexibility index (Phi) is 5.03. The van der Waals surface area contributed by atoms with E-state index in [1.807, 2.05) is 0 Å². The summed E-state index contributed by atoms with van der Waals surface area (Å²) in [6, 6.07) is 26.3. The lowest BCUT2D eigenvalue weighted by molar-refractivity contribution is 0.949. The first-order valence-corrected chi connectivity index (χ1v) is 11.0. The predicted molar refractivity (Wildman–Crippen MR) is 115 cm³/mol. The van der Waals surface area contributed by atoms with Crippen LogP contribution in [0.15, 0.2) is 77.7 Å². The van der Waals surface area contributed by atoms with Crippen LogP contribution in [0.2, 0.25) is 0 Å². The molecule has 26 heavy (non-hydrogen) atoms. The predicted octanol–water partition coefficient (Wildman–Crippen LogP) is 6.54. The van der Waals surface area contributed by atoms with Crippen molar-refractivity contribution in [2.45, 2.75) is 31.6 Å². The standard InChI is InChI=1S/C24H26NS/c1-19-17-20(2)24(26-15-9-10-16-26)18-23(19)25(21-11-5-3-6-12-21)22-13-7-4-8-14-22/h3-8,11-14,17-18H,9-10,15-16H2,1-2H3/q+1. The van der Waals surface area contributed by atoms with Crippen LogP contribution in [0, 0.1) is 13.8 Å². The molecule has 0 aliphatic carbocycles. The highest BCUT2D eigenvalue weighted by Crippen LogP contribution is 2.39. The molecule has 1 fully saturated rings. The van der Waals surface area contributed by atoms with Gasteiger partial charge in [0.15, 0.2) is 4.90 Å². The van der Waals surface area contributed by atoms with Crippen molar-refractivity contribution in [2.24, 2.45) is 0 Å². The Morgan fingerprint density at radius 1 is 0.692 bits per heavy atom. The fourth-order valence-corrected chi connectivity index (χ4v) is 6.37. The third-order valence-electron chi connectivity index (χ3n) is 5.11. The van der Waals surface area contributed by atoms with Crippen molar-refractivity contribution in [3.63, 3.8) is 0 Å². The maximum Gasteiger partial charge on any atom is 0.159 e. The minimum absolute atomic E-state index is 0.423. The highest BCUT2D eigenvalue weighted by atomic mass is 32.2. The maximum atomic E-state index is 2.47. The van der Waals surface area contributed by atoms with Crippen molar-refractivity contribution in [3.05, 3.63) is 83.9 Å². The summed E-state index contributed by atoms with van der Waals surface area (Å²) < 4.78 is 0. The van der Waals surface area contributed by atoms with Gasteiger partial charge < -0.3 is 4.90 Å². The van der Waals surface area contributed by atoms with Gasteiger partial charge in [0.1, 0.15) is 11.5 Å². The normalized spacial score (nSPS) is 14.5. The van der Waals surface area contributed by atoms with Gasteiger partial charge in [0.25, 0.3) is 0 Å². The van der Waals surface area contributed by atoms with Gasteiger partial charge in [-0.15, -0.1) is 0 Å². The first kappa shape index (κ1) is 17.2. The average Bonchev–Trinajstić information content (AvgIpc) is 3.20. The summed E-state index contributed by atoms with van der Waals surface area (Å²) in [5.41, 5.74) is 6.53. The van der Waals surface area contributed by atoms with Crippen molar-refractivity contribution in [2.75, 3.05) is 16.4 Å². The van der Waals surface area contributed by atoms with E-state index < -0.39 is 0 Å². The SMILES string of the molecule is Cc1cc(C)c([S+]2CCCC2)cc1N(c1ccccc1)c1ccccc1. The van der Waals surface area contributed by atoms with Crippen LogP contribution in [-0.4, -0.2) is 11.5 Å². The Hall–Kier alpha value is -2.19. The topological polar surface area (TPSA) is 3.24 Å². The highest BCUT2D eigenvalue weighted by Gasteiger charge is 2.30. The lowest BCUT2D eigenvalue weighted by Gasteiger charge is -2.27. The molecule has 1 nitrogen and oxygen atoms in total. The fraction of sp³-hybridized carbons (Fsp3) is 0.250. The minimum Gasteiger partial charge on any atom is -0.310 e. The molecule has 3 aromatic rings. The second-order valence-electron chi connectivity index (χ2n) is 7.02. The van der Waals surface area contributed by atoms with Crippen molar-refractivity contribution in [1.29, 1.82) is 0 Å². The summed E-state index contributed by atoms with van der Waals surface area (Å²) in [7, 11) is 0.423. The monoisotopic (exact) mass is 360 g/mol. The number of nitrogens with zero attached hydrogens (tertiary/aromatic N) is 1. The van der Waals surface area contributed by atoms with Gasteiger partial charge >= 0.3 is 0 Å². The molecule has 0 unspecified atom stereocenters. The van der Waals surface area contributed by atoms with Crippen LogP contribution in [0.1, 0.15) is 24.0 Å². The number of hydrogen-bond donors (Lipinski definition) is 0. The zero-order valence-electron chi connectivity index (χ0n) is 15.6. The average molecular weight is 361 g/mol. The number of rotatable bonds is 4. The second-order valence-corrected chi connectivity index (χ2v) is 9.26. The van der Waals surface area contributed by atoms with Crippen LogP contribution >= 0.6 is 0 Å². The first-order chi connectivity index (χ1) is 12.7. The molecule has 1 saturated heterocycles. The van der Waals surface area contributed by atoms with E-state index >= 15 is 0 Å². The number of anilines is 3. The molecule has 3 aromatic carbocycles. The Bertz CT molecular complexity index is 828. The van der Waals surface area contributed by atoms with Crippen LogP contribution in [0.4, 0.5) is 17.1 Å². The van der Waals surface area contributed by atoms with E-state index in [-0.39, 0.29) is 0 Å². The molecular weight excluding hydrogens is 334 g/mol. The Morgan fingerprint density at radius 3 is 1.77 bits per heavy atom. The van der Waals surface area contributed by atoms with Gasteiger partial charge in [-0.25, -0.2) is 0 Å². The lowest BCUT2D eigenvalue weighted by atomic mass is 10.1. The Morgan fingerprint density at radius 2 is 1.23 bits per heavy atom. The minimum atomic E-state index is 0.423. The van der Waals surface area contributed by atoms with E-state index in [0.29, 0.717) is 10.9 Å². The van der Waals surface area contributed by atoms with E-state index in [4.69, 9.17) is 0 Å². The molecule has 0 aromatic heterocycles. The van der Waals surface area contributed by atoms with Gasteiger partial charge in [-0.1, -0.05) is 36.4 Å². The Balaban J connectivity index is 1.87. The molecule has 1 heterocycles. The summed E-state index contributed by atoms with van der Waals surface area (Å²) in [5.74, 6) is 2.72. The lowest BCUT2D eigenvalue weighted by Crippen LogP contribution is -2.14. The summed E-state index contributed by atoms with van der Waals surface area (Å²) in [5, 5.41) is 0. The van der Waals surface area contributed by atoms with Gasteiger partial charge in [-0.05, 0) is 62.6 Å². The van der Waals surface area contributed by atoms with Gasteiger partial charge in [0.2, 0.25) is 0 Å². The molecule has 4 rings (SSSR count). The molecule has 0 N–H and O–H groups in total. The molecule has 0 spiro atoms. The van der Waals surface area contributed by atoms with E-state index in [9.17, 15) is 0 Å². The zero-order chi connectivity index (χ0) is 17.9. The number of para-hydroxylation sites is 2. The van der Waals surface area contributed by atoms with E-state index in [1.54, 1.807) is 4.90 Å². The molecule has 0 amide bonds. The molecule has 2 heteroatoms. The molecule has 132 valence electrons. The molecule has 0 bridgehead atoms. The first-order valence-electron chi connectivity index (χ1n) is 9.43. The molecule has 0 radical (unpaired) electrons. The summed E-state index contributed by atoms with van der Waals surface area (Å²) in [4.78, 5) is 3.97. The molecule has 1 aliphatic heterocycles. The third-order valence-corrected chi connectivity index (χ3v) is 7.73. The van der Waals surface area contributed by atoms with Crippen LogP contribution in [0.3, 0.4) is 0 Å². The maximum absolute atomic E-state index is 2.47. The van der Waals surface area contributed by atoms with Gasteiger partial charge in [0.05, 0.1) is 5.69 Å². The summed E-state index contributed by atoms with van der Waals surface area (Å²) in [6.07, 6.45) is 2.76. The Labute approximate surface area is 160 Å². The van der Waals surface area contributed by atoms with Crippen LogP contribution in [0.5, 0.6) is 0 Å². The molecule has 0 saturated carbocycles. The number of benzene rings is 3. The van der Waals surface area contributed by atoms with Crippen LogP contribution in [-0.2, 0) is 10.9 Å². The summed E-state index contributed by atoms with van der Waals surface area (Å²) >= 11 is 0. The van der Waals surface area contributed by atoms with Gasteiger partial charge in [-0.3, -0.25) is 0 Å². The van der Waals surface area contributed by atoms with Gasteiger partial charge in [0, 0.05) is 33.9 Å². The van der Waals surface area contributed by atoms with Gasteiger partial charge in [-0.2, -0.15) is 0 Å². The molecule has 1 aliphatic rings. The van der Waals surface area contributed by atoms with Crippen molar-refractivity contribution in [3.8, 4) is 0 Å². The quantitative estimate of drug-likeness (QED) is 0.477. The summed E-state index contributed by atoms with van der Waals surface area (Å²) in [6.45, 7) is 4.52. The molecular formula is C24H26NS+. The van der Waals surface area contributed by atoms with Crippen molar-refractivity contribution in [1.82, 2.24) is 0 Å². The van der Waals surface area contributed by atoms with Crippen molar-refractivity contribution >= 4 is 28.0 Å². The zero-order valence-corrected chi connectivity index (χ0v) is 16.4. The fourth-order valence-electron chi connectivity index (χ4n) is 3.83. The smallest absolute Gasteiger partial charge is 0.159 e. The third kappa shape index (κ3) is 3.39. The number of hydrogen-bond acceptors (Lipinski definition) is 1. The van der Waals surface area contributed by atoms with Crippen molar-refractivity contribution < 1.29 is 0 Å². The highest BCUT2D eigenvalue weighted by molar-refractivity contribution is 7.97. The van der Waals surface area contributed by atoms with E-state index in [0.717, 1.165) is 0 Å². The van der Waals surface area contributed by atoms with E-state index in [1.165, 1.54) is 52.5 Å². The van der Waals surface area contributed by atoms with E-state index in [2.05, 4.69) is 91.5 Å². The van der Waals surface area contributed by atoms with Crippen LogP contribution in [0.25, 0.3) is 0 Å². The largest absolute Gasteiger partial charge is 0.310 e. The molecule has 0 atom stereocenters. The van der Waals surface area contributed by atoms with Crippen LogP contribution < -0.4 is 4.90 Å².